The molecule has 1 saturated heterocycles. The molecule has 0 radical (unpaired) electrons. The Morgan fingerprint density at radius 1 is 1.29 bits per heavy atom. The van der Waals surface area contributed by atoms with Crippen molar-refractivity contribution in [2.75, 3.05) is 50.5 Å². The second-order valence-electron chi connectivity index (χ2n) is 5.95. The number of nitrogens with zero attached hydrogens (tertiary/aromatic N) is 2. The first-order valence-corrected chi connectivity index (χ1v) is 7.46. The van der Waals surface area contributed by atoms with E-state index in [1.807, 2.05) is 6.07 Å². The third-order valence-corrected chi connectivity index (χ3v) is 3.78. The summed E-state index contributed by atoms with van der Waals surface area (Å²) >= 11 is 0. The largest absolute Gasteiger partial charge is 0.465 e. The standard InChI is InChI=1S/C16H25N3O2/c1-12(2)11-18-6-8-19(9-7-18)15-5-4-13(10-14(15)17)16(20)21-3/h4-5,10,12H,6-9,11,17H2,1-3H3. The number of hydrogen-bond donors (Lipinski definition) is 1. The lowest BCUT2D eigenvalue weighted by Crippen LogP contribution is -2.47. The number of benzene rings is 1. The number of carbonyl (C=O) groups is 1. The number of rotatable bonds is 4. The van der Waals surface area contributed by atoms with Gasteiger partial charge in [0.15, 0.2) is 0 Å². The Kier molecular flexibility index (Phi) is 5.07. The smallest absolute Gasteiger partial charge is 0.337 e. The van der Waals surface area contributed by atoms with Gasteiger partial charge in [0.05, 0.1) is 24.0 Å². The number of piperazine rings is 1. The summed E-state index contributed by atoms with van der Waals surface area (Å²) in [5.41, 5.74) is 8.24. The van der Waals surface area contributed by atoms with Gasteiger partial charge in [-0.25, -0.2) is 4.79 Å². The third kappa shape index (κ3) is 3.88. The first kappa shape index (κ1) is 15.6. The molecule has 2 N–H and O–H groups in total. The second-order valence-corrected chi connectivity index (χ2v) is 5.95. The van der Waals surface area contributed by atoms with E-state index in [1.165, 1.54) is 7.11 Å². The Morgan fingerprint density at radius 2 is 1.95 bits per heavy atom. The topological polar surface area (TPSA) is 58.8 Å². The lowest BCUT2D eigenvalue weighted by molar-refractivity contribution is 0.0601. The predicted molar refractivity (Wildman–Crippen MR) is 85.7 cm³/mol. The minimum atomic E-state index is -0.352. The van der Waals surface area contributed by atoms with Crippen LogP contribution >= 0.6 is 0 Å². The molecule has 1 aromatic carbocycles. The summed E-state index contributed by atoms with van der Waals surface area (Å²) in [6.45, 7) is 9.67. The maximum absolute atomic E-state index is 11.5. The summed E-state index contributed by atoms with van der Waals surface area (Å²) in [6.07, 6.45) is 0. The first-order valence-electron chi connectivity index (χ1n) is 7.46. The van der Waals surface area contributed by atoms with Crippen LogP contribution in [0.2, 0.25) is 0 Å². The van der Waals surface area contributed by atoms with E-state index in [1.54, 1.807) is 12.1 Å². The summed E-state index contributed by atoms with van der Waals surface area (Å²) < 4.78 is 4.71. The molecule has 0 saturated carbocycles. The fraction of sp³-hybridized carbons (Fsp3) is 0.562. The van der Waals surface area contributed by atoms with Crippen molar-refractivity contribution >= 4 is 17.3 Å². The normalized spacial score (nSPS) is 16.3. The van der Waals surface area contributed by atoms with Crippen molar-refractivity contribution < 1.29 is 9.53 Å². The highest BCUT2D eigenvalue weighted by atomic mass is 16.5. The zero-order chi connectivity index (χ0) is 15.4. The van der Waals surface area contributed by atoms with Crippen LogP contribution in [0.15, 0.2) is 18.2 Å². The molecule has 1 heterocycles. The van der Waals surface area contributed by atoms with Crippen LogP contribution in [0.25, 0.3) is 0 Å². The minimum Gasteiger partial charge on any atom is -0.465 e. The zero-order valence-electron chi connectivity index (χ0n) is 13.1. The Balaban J connectivity index is 2.02. The lowest BCUT2D eigenvalue weighted by Gasteiger charge is -2.37. The molecule has 0 aliphatic carbocycles. The van der Waals surface area contributed by atoms with Gasteiger partial charge in [0, 0.05) is 32.7 Å². The molecular weight excluding hydrogens is 266 g/mol. The van der Waals surface area contributed by atoms with E-state index in [-0.39, 0.29) is 5.97 Å². The van der Waals surface area contributed by atoms with Crippen molar-refractivity contribution in [1.29, 1.82) is 0 Å². The quantitative estimate of drug-likeness (QED) is 0.677. The molecule has 116 valence electrons. The highest BCUT2D eigenvalue weighted by Crippen LogP contribution is 2.26. The molecule has 0 spiro atoms. The summed E-state index contributed by atoms with van der Waals surface area (Å²) in [6, 6.07) is 5.39. The van der Waals surface area contributed by atoms with E-state index < -0.39 is 0 Å². The Hall–Kier alpha value is -1.75. The van der Waals surface area contributed by atoms with E-state index >= 15 is 0 Å². The van der Waals surface area contributed by atoms with Crippen molar-refractivity contribution in [3.05, 3.63) is 23.8 Å². The van der Waals surface area contributed by atoms with Crippen LogP contribution in [0.4, 0.5) is 11.4 Å². The monoisotopic (exact) mass is 291 g/mol. The Morgan fingerprint density at radius 3 is 2.48 bits per heavy atom. The van der Waals surface area contributed by atoms with Crippen LogP contribution in [0.1, 0.15) is 24.2 Å². The molecule has 1 fully saturated rings. The highest BCUT2D eigenvalue weighted by molar-refractivity contribution is 5.92. The van der Waals surface area contributed by atoms with Gasteiger partial charge in [-0.3, -0.25) is 4.90 Å². The van der Waals surface area contributed by atoms with Crippen LogP contribution in [-0.4, -0.2) is 50.7 Å². The van der Waals surface area contributed by atoms with Gasteiger partial charge in [0.1, 0.15) is 0 Å². The average Bonchev–Trinajstić information content (AvgIpc) is 2.47. The lowest BCUT2D eigenvalue weighted by atomic mass is 10.1. The minimum absolute atomic E-state index is 0.352. The maximum Gasteiger partial charge on any atom is 0.337 e. The number of esters is 1. The number of carbonyl (C=O) groups excluding carboxylic acids is 1. The van der Waals surface area contributed by atoms with Crippen molar-refractivity contribution in [3.8, 4) is 0 Å². The third-order valence-electron chi connectivity index (χ3n) is 3.78. The number of anilines is 2. The molecule has 0 atom stereocenters. The van der Waals surface area contributed by atoms with Crippen molar-refractivity contribution in [2.24, 2.45) is 5.92 Å². The van der Waals surface area contributed by atoms with Crippen molar-refractivity contribution in [1.82, 2.24) is 4.90 Å². The van der Waals surface area contributed by atoms with Gasteiger partial charge in [-0.05, 0) is 24.1 Å². The van der Waals surface area contributed by atoms with Gasteiger partial charge in [-0.1, -0.05) is 13.8 Å². The van der Waals surface area contributed by atoms with Gasteiger partial charge in [-0.15, -0.1) is 0 Å². The Bertz CT molecular complexity index is 494. The van der Waals surface area contributed by atoms with Crippen LogP contribution in [0.3, 0.4) is 0 Å². The molecule has 0 aromatic heterocycles. The molecule has 2 rings (SSSR count). The predicted octanol–water partition coefficient (Wildman–Crippen LogP) is 1.83. The summed E-state index contributed by atoms with van der Waals surface area (Å²) in [5, 5.41) is 0. The Labute approximate surface area is 126 Å². The number of nitrogens with two attached hydrogens (primary N) is 1. The van der Waals surface area contributed by atoms with Crippen LogP contribution < -0.4 is 10.6 Å². The van der Waals surface area contributed by atoms with Gasteiger partial charge >= 0.3 is 5.97 Å². The average molecular weight is 291 g/mol. The molecule has 1 aliphatic heterocycles. The molecule has 1 aliphatic rings. The van der Waals surface area contributed by atoms with Gasteiger partial charge in [-0.2, -0.15) is 0 Å². The number of methoxy groups -OCH3 is 1. The van der Waals surface area contributed by atoms with E-state index in [4.69, 9.17) is 10.5 Å². The molecule has 0 unspecified atom stereocenters. The van der Waals surface area contributed by atoms with Crippen molar-refractivity contribution in [3.63, 3.8) is 0 Å². The molecule has 0 bridgehead atoms. The summed E-state index contributed by atoms with van der Waals surface area (Å²) in [4.78, 5) is 16.3. The van der Waals surface area contributed by atoms with E-state index in [0.29, 0.717) is 17.2 Å². The SMILES string of the molecule is COC(=O)c1ccc(N2CCN(CC(C)C)CC2)c(N)c1. The molecule has 0 amide bonds. The highest BCUT2D eigenvalue weighted by Gasteiger charge is 2.19. The van der Waals surface area contributed by atoms with E-state index in [2.05, 4.69) is 23.6 Å². The second kappa shape index (κ2) is 6.80. The maximum atomic E-state index is 11.5. The molecular formula is C16H25N3O2. The van der Waals surface area contributed by atoms with Crippen LogP contribution in [0, 0.1) is 5.92 Å². The molecule has 21 heavy (non-hydrogen) atoms. The summed E-state index contributed by atoms with van der Waals surface area (Å²) in [5.74, 6) is 0.343. The fourth-order valence-corrected chi connectivity index (χ4v) is 2.78. The zero-order valence-corrected chi connectivity index (χ0v) is 13.1. The van der Waals surface area contributed by atoms with Crippen LogP contribution in [-0.2, 0) is 4.74 Å². The first-order chi connectivity index (χ1) is 10.0. The number of hydrogen-bond acceptors (Lipinski definition) is 5. The number of ether oxygens (including phenoxy) is 1. The van der Waals surface area contributed by atoms with Crippen molar-refractivity contribution in [2.45, 2.75) is 13.8 Å². The van der Waals surface area contributed by atoms with Gasteiger partial charge in [0.25, 0.3) is 0 Å². The summed E-state index contributed by atoms with van der Waals surface area (Å²) in [7, 11) is 1.38. The van der Waals surface area contributed by atoms with E-state index in [9.17, 15) is 4.79 Å². The fourth-order valence-electron chi connectivity index (χ4n) is 2.78. The van der Waals surface area contributed by atoms with Gasteiger partial charge in [0.2, 0.25) is 0 Å². The van der Waals surface area contributed by atoms with E-state index in [0.717, 1.165) is 38.4 Å². The molecule has 5 nitrogen and oxygen atoms in total. The van der Waals surface area contributed by atoms with Gasteiger partial charge < -0.3 is 15.4 Å². The molecule has 1 aromatic rings. The molecule has 5 heteroatoms. The number of nitrogen functional groups attached to an aromatic ring is 1. The van der Waals surface area contributed by atoms with Crippen LogP contribution in [0.5, 0.6) is 0 Å².